The van der Waals surface area contributed by atoms with Crippen LogP contribution in [0.15, 0.2) is 54.9 Å². The Morgan fingerprint density at radius 3 is 2.53 bits per heavy atom. The Bertz CT molecular complexity index is 2050. The normalized spacial score (nSPS) is 19.0. The fraction of sp³-hybridized carbons (Fsp3) is 0.378. The highest BCUT2D eigenvalue weighted by molar-refractivity contribution is 6.39. The number of rotatable bonds is 12. The first-order valence-electron chi connectivity index (χ1n) is 17.1. The Morgan fingerprint density at radius 2 is 1.76 bits per heavy atom. The lowest BCUT2D eigenvalue weighted by molar-refractivity contribution is -0.119. The van der Waals surface area contributed by atoms with E-state index in [-0.39, 0.29) is 18.1 Å². The number of aromatic nitrogens is 5. The van der Waals surface area contributed by atoms with Gasteiger partial charge in [0.1, 0.15) is 0 Å². The van der Waals surface area contributed by atoms with E-state index in [2.05, 4.69) is 20.9 Å². The summed E-state index contributed by atoms with van der Waals surface area (Å²) in [6.07, 6.45) is 8.20. The molecule has 2 aliphatic rings. The summed E-state index contributed by atoms with van der Waals surface area (Å²) in [6.45, 7) is 1.72. The summed E-state index contributed by atoms with van der Waals surface area (Å²) in [5, 5.41) is 25.4. The van der Waals surface area contributed by atoms with Gasteiger partial charge in [-0.1, -0.05) is 47.5 Å². The van der Waals surface area contributed by atoms with Crippen molar-refractivity contribution >= 4 is 34.8 Å². The van der Waals surface area contributed by atoms with Gasteiger partial charge in [-0.15, -0.1) is 5.10 Å². The zero-order valence-corrected chi connectivity index (χ0v) is 30.0. The van der Waals surface area contributed by atoms with Crippen molar-refractivity contribution in [1.82, 2.24) is 40.5 Å². The number of halogens is 2. The van der Waals surface area contributed by atoms with Crippen LogP contribution in [0.5, 0.6) is 11.6 Å². The van der Waals surface area contributed by atoms with E-state index in [0.717, 1.165) is 48.8 Å². The predicted octanol–water partition coefficient (Wildman–Crippen LogP) is 5.61. The van der Waals surface area contributed by atoms with E-state index in [4.69, 9.17) is 47.7 Å². The predicted molar refractivity (Wildman–Crippen MR) is 196 cm³/mol. The number of carbonyl (C=O) groups excluding carboxylic acids is 1. The number of ether oxygens (including phenoxy) is 2. The lowest BCUT2D eigenvalue weighted by Crippen LogP contribution is -2.35. The highest BCUT2D eigenvalue weighted by Gasteiger charge is 2.23. The zero-order valence-electron chi connectivity index (χ0n) is 28.5. The number of fused-ring (bicyclic) bond motifs is 1. The van der Waals surface area contributed by atoms with Gasteiger partial charge >= 0.3 is 0 Å². The van der Waals surface area contributed by atoms with Crippen molar-refractivity contribution in [2.75, 3.05) is 20.8 Å². The monoisotopic (exact) mass is 730 g/mol. The molecule has 0 bridgehead atoms. The van der Waals surface area contributed by atoms with Gasteiger partial charge < -0.3 is 30.5 Å². The number of pyridine rings is 3. The molecule has 51 heavy (non-hydrogen) atoms. The molecule has 1 saturated heterocycles. The topological polar surface area (TPSA) is 148 Å². The largest absolute Gasteiger partial charge is 0.493 e. The van der Waals surface area contributed by atoms with Gasteiger partial charge in [-0.25, -0.2) is 14.5 Å². The summed E-state index contributed by atoms with van der Waals surface area (Å²) >= 11 is 14.2. The van der Waals surface area contributed by atoms with E-state index in [1.54, 1.807) is 24.9 Å². The number of nitrogens with zero attached hydrogens (tertiary/aromatic N) is 5. The van der Waals surface area contributed by atoms with E-state index in [9.17, 15) is 9.90 Å². The minimum Gasteiger partial charge on any atom is -0.493 e. The van der Waals surface area contributed by atoms with E-state index < -0.39 is 0 Å². The quantitative estimate of drug-likeness (QED) is 0.128. The Morgan fingerprint density at radius 1 is 0.961 bits per heavy atom. The molecule has 12 nitrogen and oxygen atoms in total. The third-order valence-corrected chi connectivity index (χ3v) is 10.3. The number of methoxy groups -OCH3 is 2. The third-order valence-electron chi connectivity index (χ3n) is 9.56. The summed E-state index contributed by atoms with van der Waals surface area (Å²) in [4.78, 5) is 25.7. The Labute approximate surface area is 305 Å². The molecule has 1 amide bonds. The van der Waals surface area contributed by atoms with Crippen molar-refractivity contribution in [3.05, 3.63) is 76.3 Å². The van der Waals surface area contributed by atoms with Crippen molar-refractivity contribution < 1.29 is 19.4 Å². The van der Waals surface area contributed by atoms with Crippen LogP contribution in [0.2, 0.25) is 10.0 Å². The molecule has 5 aromatic rings. The average molecular weight is 732 g/mol. The molecule has 5 heterocycles. The summed E-state index contributed by atoms with van der Waals surface area (Å²) in [6, 6.07) is 13.8. The molecular weight excluding hydrogens is 691 g/mol. The summed E-state index contributed by atoms with van der Waals surface area (Å²) in [5.74, 6) is 1.77. The van der Waals surface area contributed by atoms with E-state index >= 15 is 0 Å². The van der Waals surface area contributed by atoms with Gasteiger partial charge in [-0.05, 0) is 50.3 Å². The second-order valence-corrected chi connectivity index (χ2v) is 13.7. The highest BCUT2D eigenvalue weighted by atomic mass is 35.5. The molecule has 1 aliphatic heterocycles. The molecule has 4 aromatic heterocycles. The smallest absolute Gasteiger partial charge is 0.220 e. The standard InChI is InChI=1S/C37H40Cl2N8O4/c1-50-30-16-22(20-47-36(30)45-31(46-47)19-42-23-7-10-25(48)11-8-23)35-34(39)27(14-15-41-35)26-4-3-5-28(33(26)38)29-12-6-21(37(44-29)51-2)17-40-18-24-9-13-32(49)43-24/h3-6,12,14-16,20,23-25,40,42,48H,7-11,13,17-19H2,1-2H3,(H,43,49)/t23-,24-,25-/m1/s1. The fourth-order valence-electron chi connectivity index (χ4n) is 6.80. The maximum Gasteiger partial charge on any atom is 0.220 e. The molecule has 14 heteroatoms. The summed E-state index contributed by atoms with van der Waals surface area (Å²) in [7, 11) is 3.19. The molecule has 1 aromatic carbocycles. The zero-order chi connectivity index (χ0) is 35.5. The lowest BCUT2D eigenvalue weighted by atomic mass is 9.93. The van der Waals surface area contributed by atoms with Gasteiger partial charge in [0.15, 0.2) is 17.2 Å². The van der Waals surface area contributed by atoms with Gasteiger partial charge in [0.2, 0.25) is 11.8 Å². The van der Waals surface area contributed by atoms with Crippen LogP contribution in [-0.4, -0.2) is 74.5 Å². The Kier molecular flexibility index (Phi) is 10.7. The van der Waals surface area contributed by atoms with Gasteiger partial charge in [0.05, 0.1) is 48.3 Å². The van der Waals surface area contributed by atoms with Gasteiger partial charge in [-0.3, -0.25) is 9.78 Å². The third kappa shape index (κ3) is 7.65. The molecule has 2 fully saturated rings. The molecule has 1 saturated carbocycles. The molecule has 0 radical (unpaired) electrons. The van der Waals surface area contributed by atoms with Crippen LogP contribution in [0.25, 0.3) is 39.3 Å². The minimum atomic E-state index is -0.204. The second kappa shape index (κ2) is 15.5. The first-order chi connectivity index (χ1) is 24.8. The van der Waals surface area contributed by atoms with E-state index in [0.29, 0.717) is 87.8 Å². The van der Waals surface area contributed by atoms with Crippen molar-refractivity contribution in [2.24, 2.45) is 0 Å². The lowest BCUT2D eigenvalue weighted by Gasteiger charge is -2.25. The number of carbonyl (C=O) groups is 1. The van der Waals surface area contributed by atoms with Crippen LogP contribution in [0.1, 0.15) is 49.9 Å². The van der Waals surface area contributed by atoms with Crippen molar-refractivity contribution in [1.29, 1.82) is 0 Å². The fourth-order valence-corrected chi connectivity index (χ4v) is 7.45. The van der Waals surface area contributed by atoms with Crippen LogP contribution in [0.3, 0.4) is 0 Å². The van der Waals surface area contributed by atoms with Crippen LogP contribution in [0, 0.1) is 0 Å². The van der Waals surface area contributed by atoms with Crippen LogP contribution >= 0.6 is 23.2 Å². The summed E-state index contributed by atoms with van der Waals surface area (Å²) in [5.41, 5.74) is 5.55. The van der Waals surface area contributed by atoms with E-state index in [1.807, 2.05) is 48.7 Å². The molecule has 7 rings (SSSR count). The number of nitrogens with one attached hydrogen (secondary N) is 3. The number of benzene rings is 1. The molecule has 266 valence electrons. The first-order valence-corrected chi connectivity index (χ1v) is 17.9. The molecule has 4 N–H and O–H groups in total. The summed E-state index contributed by atoms with van der Waals surface area (Å²) < 4.78 is 13.1. The first kappa shape index (κ1) is 35.1. The van der Waals surface area contributed by atoms with Gasteiger partial charge in [0.25, 0.3) is 0 Å². The maximum absolute atomic E-state index is 11.5. The molecular formula is C37H40Cl2N8O4. The molecule has 1 aliphatic carbocycles. The number of aliphatic hydroxyl groups excluding tert-OH is 1. The van der Waals surface area contributed by atoms with Gasteiger partial charge in [-0.2, -0.15) is 0 Å². The SMILES string of the molecule is COc1nc(-c2cccc(-c3ccnc(-c4cc(OC)c5nc(CN[C@H]6CC[C@H](O)CC6)nn5c4)c3Cl)c2Cl)ccc1CNC[C@H]1CCC(=O)N1. The molecule has 0 unspecified atom stereocenters. The highest BCUT2D eigenvalue weighted by Crippen LogP contribution is 2.42. The van der Waals surface area contributed by atoms with E-state index in [1.165, 1.54) is 0 Å². The number of amides is 1. The Hall–Kier alpha value is -4.33. The minimum absolute atomic E-state index is 0.0954. The molecule has 0 spiro atoms. The van der Waals surface area contributed by atoms with Crippen LogP contribution < -0.4 is 25.4 Å². The van der Waals surface area contributed by atoms with Crippen molar-refractivity contribution in [3.63, 3.8) is 0 Å². The van der Waals surface area contributed by atoms with Crippen LogP contribution in [-0.2, 0) is 17.9 Å². The number of aliphatic hydroxyl groups is 1. The average Bonchev–Trinajstić information content (AvgIpc) is 3.76. The number of hydrogen-bond acceptors (Lipinski definition) is 10. The van der Waals surface area contributed by atoms with Crippen LogP contribution in [0.4, 0.5) is 0 Å². The van der Waals surface area contributed by atoms with Gasteiger partial charge in [0, 0.05) is 71.8 Å². The molecule has 1 atom stereocenters. The van der Waals surface area contributed by atoms with Crippen molar-refractivity contribution in [3.8, 4) is 45.3 Å². The Balaban J connectivity index is 1.13. The van der Waals surface area contributed by atoms with Crippen molar-refractivity contribution in [2.45, 2.75) is 69.8 Å². The number of hydrogen-bond donors (Lipinski definition) is 4. The second-order valence-electron chi connectivity index (χ2n) is 13.0. The maximum atomic E-state index is 11.5.